The number of nitrogens with zero attached hydrogens (tertiary/aromatic N) is 1. The van der Waals surface area contributed by atoms with Crippen molar-refractivity contribution >= 4 is 17.6 Å². The van der Waals surface area contributed by atoms with Crippen LogP contribution in [0.25, 0.3) is 0 Å². The molecular weight excluding hydrogens is 196 g/mol. The van der Waals surface area contributed by atoms with Crippen molar-refractivity contribution < 1.29 is 14.7 Å². The Morgan fingerprint density at radius 2 is 1.80 bits per heavy atom. The van der Waals surface area contributed by atoms with Crippen LogP contribution in [0.5, 0.6) is 0 Å². The SMILES string of the molecule is CC(=O)N(C)Nc1ccc(C(=O)O)cc1. The van der Waals surface area contributed by atoms with Crippen molar-refractivity contribution in [2.75, 3.05) is 12.5 Å². The molecular formula is C10H12N2O3. The summed E-state index contributed by atoms with van der Waals surface area (Å²) in [7, 11) is 1.59. The maximum absolute atomic E-state index is 10.9. The van der Waals surface area contributed by atoms with Crippen LogP contribution in [0.1, 0.15) is 17.3 Å². The van der Waals surface area contributed by atoms with Gasteiger partial charge in [0.25, 0.3) is 0 Å². The number of hydrazine groups is 1. The minimum absolute atomic E-state index is 0.127. The minimum atomic E-state index is -0.971. The zero-order chi connectivity index (χ0) is 11.4. The molecule has 0 aliphatic carbocycles. The Bertz CT molecular complexity index is 373. The van der Waals surface area contributed by atoms with Crippen molar-refractivity contribution in [2.24, 2.45) is 0 Å². The monoisotopic (exact) mass is 208 g/mol. The van der Waals surface area contributed by atoms with Gasteiger partial charge in [-0.25, -0.2) is 4.79 Å². The van der Waals surface area contributed by atoms with Crippen molar-refractivity contribution in [1.82, 2.24) is 5.01 Å². The van der Waals surface area contributed by atoms with Gasteiger partial charge in [0.2, 0.25) is 5.91 Å². The molecule has 0 aliphatic rings. The van der Waals surface area contributed by atoms with Gasteiger partial charge in [-0.1, -0.05) is 0 Å². The Labute approximate surface area is 87.3 Å². The molecule has 0 fully saturated rings. The standard InChI is InChI=1S/C10H12N2O3/c1-7(13)12(2)11-9-5-3-8(4-6-9)10(14)15/h3-6,11H,1-2H3,(H,14,15). The molecule has 15 heavy (non-hydrogen) atoms. The fourth-order valence-corrected chi connectivity index (χ4v) is 0.960. The second-order valence-electron chi connectivity index (χ2n) is 3.07. The van der Waals surface area contributed by atoms with Crippen LogP contribution in [-0.4, -0.2) is 29.0 Å². The van der Waals surface area contributed by atoms with Crippen molar-refractivity contribution in [3.05, 3.63) is 29.8 Å². The van der Waals surface area contributed by atoms with Crippen molar-refractivity contribution in [1.29, 1.82) is 0 Å². The maximum atomic E-state index is 10.9. The lowest BCUT2D eigenvalue weighted by molar-refractivity contribution is -0.126. The zero-order valence-electron chi connectivity index (χ0n) is 8.52. The number of nitrogens with one attached hydrogen (secondary N) is 1. The first kappa shape index (κ1) is 11.0. The fraction of sp³-hybridized carbons (Fsp3) is 0.200. The van der Waals surface area contributed by atoms with E-state index < -0.39 is 5.97 Å². The number of anilines is 1. The number of carboxylic acids is 1. The van der Waals surface area contributed by atoms with Gasteiger partial charge in [-0.05, 0) is 24.3 Å². The van der Waals surface area contributed by atoms with E-state index in [1.165, 1.54) is 24.1 Å². The normalized spacial score (nSPS) is 9.47. The third-order valence-electron chi connectivity index (χ3n) is 1.90. The van der Waals surface area contributed by atoms with Crippen molar-refractivity contribution in [3.8, 4) is 0 Å². The number of amides is 1. The third kappa shape index (κ3) is 2.98. The summed E-state index contributed by atoms with van der Waals surface area (Å²) in [5, 5.41) is 9.98. The summed E-state index contributed by atoms with van der Waals surface area (Å²) < 4.78 is 0. The van der Waals surface area contributed by atoms with E-state index in [0.29, 0.717) is 5.69 Å². The van der Waals surface area contributed by atoms with E-state index in [-0.39, 0.29) is 11.5 Å². The second-order valence-corrected chi connectivity index (χ2v) is 3.07. The quantitative estimate of drug-likeness (QED) is 0.732. The van der Waals surface area contributed by atoms with Crippen LogP contribution in [0.2, 0.25) is 0 Å². The average molecular weight is 208 g/mol. The van der Waals surface area contributed by atoms with Gasteiger partial charge in [0.15, 0.2) is 0 Å². The summed E-state index contributed by atoms with van der Waals surface area (Å²) in [6.45, 7) is 1.43. The fourth-order valence-electron chi connectivity index (χ4n) is 0.960. The molecule has 0 heterocycles. The Kier molecular flexibility index (Phi) is 3.28. The number of carboxylic acid groups (broad SMARTS) is 1. The summed E-state index contributed by atoms with van der Waals surface area (Å²) >= 11 is 0. The van der Waals surface area contributed by atoms with Gasteiger partial charge < -0.3 is 5.11 Å². The number of aromatic carboxylic acids is 1. The van der Waals surface area contributed by atoms with Gasteiger partial charge >= 0.3 is 5.97 Å². The molecule has 0 radical (unpaired) electrons. The first-order chi connectivity index (χ1) is 7.00. The highest BCUT2D eigenvalue weighted by Gasteiger charge is 2.04. The van der Waals surface area contributed by atoms with E-state index in [1.807, 2.05) is 0 Å². The molecule has 5 heteroatoms. The van der Waals surface area contributed by atoms with Crippen LogP contribution in [0, 0.1) is 0 Å². The Morgan fingerprint density at radius 3 is 2.20 bits per heavy atom. The van der Waals surface area contributed by atoms with Crippen molar-refractivity contribution in [3.63, 3.8) is 0 Å². The number of hydrogen-bond acceptors (Lipinski definition) is 3. The third-order valence-corrected chi connectivity index (χ3v) is 1.90. The molecule has 0 spiro atoms. The summed E-state index contributed by atoms with van der Waals surface area (Å²) in [6.07, 6.45) is 0. The van der Waals surface area contributed by atoms with Gasteiger partial charge in [-0.2, -0.15) is 0 Å². The van der Waals surface area contributed by atoms with Gasteiger partial charge in [0.1, 0.15) is 0 Å². The topological polar surface area (TPSA) is 69.6 Å². The molecule has 0 saturated carbocycles. The number of rotatable bonds is 3. The summed E-state index contributed by atoms with van der Waals surface area (Å²) in [6, 6.07) is 6.14. The summed E-state index contributed by atoms with van der Waals surface area (Å²) in [4.78, 5) is 21.5. The van der Waals surface area contributed by atoms with Crippen LogP contribution in [-0.2, 0) is 4.79 Å². The Morgan fingerprint density at radius 1 is 1.27 bits per heavy atom. The molecule has 0 bridgehead atoms. The first-order valence-electron chi connectivity index (χ1n) is 4.35. The highest BCUT2D eigenvalue weighted by Crippen LogP contribution is 2.09. The molecule has 0 aliphatic heterocycles. The lowest BCUT2D eigenvalue weighted by atomic mass is 10.2. The lowest BCUT2D eigenvalue weighted by Gasteiger charge is -2.17. The zero-order valence-corrected chi connectivity index (χ0v) is 8.52. The molecule has 0 atom stereocenters. The second kappa shape index (κ2) is 4.45. The molecule has 80 valence electrons. The van der Waals surface area contributed by atoms with E-state index in [4.69, 9.17) is 5.11 Å². The molecule has 1 aromatic carbocycles. The number of hydrogen-bond donors (Lipinski definition) is 2. The molecule has 0 unspecified atom stereocenters. The maximum Gasteiger partial charge on any atom is 0.335 e. The Hall–Kier alpha value is -2.04. The molecule has 1 rings (SSSR count). The predicted octanol–water partition coefficient (Wildman–Crippen LogP) is 1.19. The summed E-state index contributed by atoms with van der Waals surface area (Å²) in [5.41, 5.74) is 3.68. The van der Waals surface area contributed by atoms with E-state index in [0.717, 1.165) is 0 Å². The van der Waals surface area contributed by atoms with E-state index in [2.05, 4.69) is 5.43 Å². The van der Waals surface area contributed by atoms with Crippen LogP contribution >= 0.6 is 0 Å². The molecule has 5 nitrogen and oxygen atoms in total. The van der Waals surface area contributed by atoms with E-state index in [9.17, 15) is 9.59 Å². The van der Waals surface area contributed by atoms with Crippen LogP contribution in [0.15, 0.2) is 24.3 Å². The average Bonchev–Trinajstić information content (AvgIpc) is 2.18. The van der Waals surface area contributed by atoms with Crippen LogP contribution in [0.3, 0.4) is 0 Å². The van der Waals surface area contributed by atoms with Crippen LogP contribution < -0.4 is 5.43 Å². The Balaban J connectivity index is 2.72. The molecule has 0 saturated heterocycles. The van der Waals surface area contributed by atoms with Gasteiger partial charge in [0.05, 0.1) is 11.3 Å². The first-order valence-corrected chi connectivity index (χ1v) is 4.35. The number of benzene rings is 1. The largest absolute Gasteiger partial charge is 0.478 e. The van der Waals surface area contributed by atoms with Gasteiger partial charge in [-0.15, -0.1) is 0 Å². The highest BCUT2D eigenvalue weighted by molar-refractivity contribution is 5.88. The van der Waals surface area contributed by atoms with Crippen LogP contribution in [0.4, 0.5) is 5.69 Å². The van der Waals surface area contributed by atoms with E-state index >= 15 is 0 Å². The number of carbonyl (C=O) groups is 2. The van der Waals surface area contributed by atoms with Gasteiger partial charge in [0, 0.05) is 14.0 Å². The number of carbonyl (C=O) groups excluding carboxylic acids is 1. The van der Waals surface area contributed by atoms with E-state index in [1.54, 1.807) is 19.2 Å². The summed E-state index contributed by atoms with van der Waals surface area (Å²) in [5.74, 6) is -1.10. The predicted molar refractivity (Wildman–Crippen MR) is 55.5 cm³/mol. The molecule has 2 N–H and O–H groups in total. The van der Waals surface area contributed by atoms with Gasteiger partial charge in [-0.3, -0.25) is 15.2 Å². The minimum Gasteiger partial charge on any atom is -0.478 e. The molecule has 1 aromatic rings. The smallest absolute Gasteiger partial charge is 0.335 e. The van der Waals surface area contributed by atoms with Crippen molar-refractivity contribution in [2.45, 2.75) is 6.92 Å². The molecule has 0 aromatic heterocycles. The highest BCUT2D eigenvalue weighted by atomic mass is 16.4. The lowest BCUT2D eigenvalue weighted by Crippen LogP contribution is -2.29. The molecule has 1 amide bonds.